The molecule has 0 saturated carbocycles. The van der Waals surface area contributed by atoms with Gasteiger partial charge in [0.05, 0.1) is 0 Å². The maximum atomic E-state index is 11.9. The Morgan fingerprint density at radius 2 is 1.68 bits per heavy atom. The minimum atomic E-state index is 0. The van der Waals surface area contributed by atoms with Crippen LogP contribution in [0.2, 0.25) is 0 Å². The van der Waals surface area contributed by atoms with Gasteiger partial charge in [-0.05, 0) is 19.3 Å². The largest absolute Gasteiger partial charge is 0.370 e. The molecule has 2 heterocycles. The van der Waals surface area contributed by atoms with Crippen molar-refractivity contribution < 1.29 is 4.79 Å². The van der Waals surface area contributed by atoms with Crippen molar-refractivity contribution in [3.8, 4) is 0 Å². The van der Waals surface area contributed by atoms with Crippen molar-refractivity contribution in [2.45, 2.75) is 19.3 Å². The number of likely N-dealkylation sites (tertiary alicyclic amines) is 1. The molecule has 1 amide bonds. The first-order chi connectivity index (χ1) is 8.77. The van der Waals surface area contributed by atoms with Crippen LogP contribution >= 0.6 is 35.7 Å². The second kappa shape index (κ2) is 8.89. The van der Waals surface area contributed by atoms with Gasteiger partial charge in [-0.2, -0.15) is 11.8 Å². The lowest BCUT2D eigenvalue weighted by Crippen LogP contribution is -2.43. The second-order valence-corrected chi connectivity index (χ2v) is 5.94. The van der Waals surface area contributed by atoms with E-state index in [0.29, 0.717) is 5.96 Å². The van der Waals surface area contributed by atoms with Gasteiger partial charge < -0.3 is 15.5 Å². The summed E-state index contributed by atoms with van der Waals surface area (Å²) in [4.78, 5) is 20.1. The highest BCUT2D eigenvalue weighted by Crippen LogP contribution is 2.10. The number of aliphatic imine (C=N–C) groups is 1. The summed E-state index contributed by atoms with van der Waals surface area (Å²) in [5.74, 6) is 2.83. The molecule has 0 aromatic rings. The van der Waals surface area contributed by atoms with Crippen LogP contribution in [-0.4, -0.2) is 65.9 Å². The number of hydrogen-bond donors (Lipinski definition) is 1. The molecule has 7 heteroatoms. The van der Waals surface area contributed by atoms with E-state index in [9.17, 15) is 4.79 Å². The monoisotopic (exact) mass is 398 g/mol. The number of carbonyl (C=O) groups excluding carboxylic acids is 1. The zero-order chi connectivity index (χ0) is 12.8. The van der Waals surface area contributed by atoms with Crippen LogP contribution in [0.25, 0.3) is 0 Å². The number of nitrogens with two attached hydrogens (primary N) is 1. The van der Waals surface area contributed by atoms with Crippen molar-refractivity contribution in [2.75, 3.05) is 44.2 Å². The lowest BCUT2D eigenvalue weighted by molar-refractivity contribution is -0.130. The lowest BCUT2D eigenvalue weighted by Gasteiger charge is -2.28. The molecular weight excluding hydrogens is 375 g/mol. The summed E-state index contributed by atoms with van der Waals surface area (Å²) in [6.07, 6.45) is 3.48. The van der Waals surface area contributed by atoms with Crippen molar-refractivity contribution >= 4 is 47.6 Å². The molecule has 0 aliphatic carbocycles. The minimum Gasteiger partial charge on any atom is -0.370 e. The fraction of sp³-hybridized carbons (Fsp3) is 0.833. The predicted molar refractivity (Wildman–Crippen MR) is 91.2 cm³/mol. The number of piperidine rings is 1. The summed E-state index contributed by atoms with van der Waals surface area (Å²) in [5, 5.41) is 0. The summed E-state index contributed by atoms with van der Waals surface area (Å²) in [6, 6.07) is 0. The number of rotatable bonds is 2. The van der Waals surface area contributed by atoms with E-state index < -0.39 is 0 Å². The van der Waals surface area contributed by atoms with Crippen molar-refractivity contribution in [1.29, 1.82) is 0 Å². The van der Waals surface area contributed by atoms with Gasteiger partial charge in [0.15, 0.2) is 5.96 Å². The quantitative estimate of drug-likeness (QED) is 0.428. The van der Waals surface area contributed by atoms with Gasteiger partial charge in [-0.1, -0.05) is 0 Å². The van der Waals surface area contributed by atoms with Crippen LogP contribution in [0.15, 0.2) is 4.99 Å². The topological polar surface area (TPSA) is 61.9 Å². The fourth-order valence-corrected chi connectivity index (χ4v) is 3.19. The van der Waals surface area contributed by atoms with Crippen molar-refractivity contribution in [1.82, 2.24) is 9.80 Å². The molecule has 0 radical (unpaired) electrons. The van der Waals surface area contributed by atoms with E-state index >= 15 is 0 Å². The maximum Gasteiger partial charge on any atom is 0.244 e. The second-order valence-electron chi connectivity index (χ2n) is 4.72. The van der Waals surface area contributed by atoms with E-state index in [-0.39, 0.29) is 36.4 Å². The molecule has 0 unspecified atom stereocenters. The third-order valence-corrected chi connectivity index (χ3v) is 4.36. The first-order valence-electron chi connectivity index (χ1n) is 6.68. The Bertz CT molecular complexity index is 315. The van der Waals surface area contributed by atoms with Crippen molar-refractivity contribution in [3.63, 3.8) is 0 Å². The highest BCUT2D eigenvalue weighted by atomic mass is 127. The van der Waals surface area contributed by atoms with E-state index in [1.807, 2.05) is 16.7 Å². The van der Waals surface area contributed by atoms with Crippen LogP contribution in [-0.2, 0) is 4.79 Å². The molecule has 2 aliphatic heterocycles. The van der Waals surface area contributed by atoms with Crippen LogP contribution in [0, 0.1) is 0 Å². The van der Waals surface area contributed by atoms with Crippen LogP contribution in [0.4, 0.5) is 0 Å². The van der Waals surface area contributed by atoms with Gasteiger partial charge in [0.1, 0.15) is 6.54 Å². The molecule has 0 atom stereocenters. The first-order valence-corrected chi connectivity index (χ1v) is 7.83. The Morgan fingerprint density at radius 3 is 2.32 bits per heavy atom. The SMILES string of the molecule is I.NC(=NCC(=O)N1CCCCC1)N1CCSCC1. The molecule has 0 bridgehead atoms. The van der Waals surface area contributed by atoms with Crippen LogP contribution in [0.3, 0.4) is 0 Å². The number of amides is 1. The molecule has 2 N–H and O–H groups in total. The van der Waals surface area contributed by atoms with Gasteiger partial charge >= 0.3 is 0 Å². The van der Waals surface area contributed by atoms with Gasteiger partial charge in [0, 0.05) is 37.7 Å². The molecule has 2 rings (SSSR count). The Kier molecular flexibility index (Phi) is 7.89. The molecule has 0 aromatic heterocycles. The lowest BCUT2D eigenvalue weighted by atomic mass is 10.1. The molecule has 110 valence electrons. The normalized spacial score (nSPS) is 20.9. The maximum absolute atomic E-state index is 11.9. The summed E-state index contributed by atoms with van der Waals surface area (Å²) >= 11 is 1.94. The van der Waals surface area contributed by atoms with Gasteiger partial charge in [-0.25, -0.2) is 4.99 Å². The predicted octanol–water partition coefficient (Wildman–Crippen LogP) is 0.980. The Morgan fingerprint density at radius 1 is 1.05 bits per heavy atom. The van der Waals surface area contributed by atoms with Crippen LogP contribution < -0.4 is 5.73 Å². The molecular formula is C12H23IN4OS. The van der Waals surface area contributed by atoms with Crippen molar-refractivity contribution in [2.24, 2.45) is 10.7 Å². The summed E-state index contributed by atoms with van der Waals surface area (Å²) in [6.45, 7) is 3.86. The number of hydrogen-bond acceptors (Lipinski definition) is 3. The zero-order valence-electron chi connectivity index (χ0n) is 11.2. The highest BCUT2D eigenvalue weighted by Gasteiger charge is 2.17. The summed E-state index contributed by atoms with van der Waals surface area (Å²) in [5.41, 5.74) is 5.92. The standard InChI is InChI=1S/C12H22N4OS.HI/c13-12(16-6-8-18-9-7-16)14-10-11(17)15-4-2-1-3-5-15;/h1-10H2,(H2,13,14);1H. The van der Waals surface area contributed by atoms with Crippen LogP contribution in [0.5, 0.6) is 0 Å². The van der Waals surface area contributed by atoms with E-state index in [1.165, 1.54) is 6.42 Å². The average Bonchev–Trinajstić information content (AvgIpc) is 2.46. The fourth-order valence-electron chi connectivity index (χ4n) is 2.28. The molecule has 2 saturated heterocycles. The van der Waals surface area contributed by atoms with Gasteiger partial charge in [0.2, 0.25) is 5.91 Å². The van der Waals surface area contributed by atoms with Gasteiger partial charge in [-0.15, -0.1) is 24.0 Å². The molecule has 0 aromatic carbocycles. The van der Waals surface area contributed by atoms with E-state index in [2.05, 4.69) is 9.89 Å². The molecule has 2 aliphatic rings. The van der Waals surface area contributed by atoms with E-state index in [1.54, 1.807) is 0 Å². The van der Waals surface area contributed by atoms with Gasteiger partial charge in [0.25, 0.3) is 0 Å². The molecule has 5 nitrogen and oxygen atoms in total. The smallest absolute Gasteiger partial charge is 0.244 e. The Balaban J connectivity index is 0.00000180. The average molecular weight is 398 g/mol. The molecule has 19 heavy (non-hydrogen) atoms. The number of thioether (sulfide) groups is 1. The summed E-state index contributed by atoms with van der Waals surface area (Å²) < 4.78 is 0. The highest BCUT2D eigenvalue weighted by molar-refractivity contribution is 14.0. The third-order valence-electron chi connectivity index (χ3n) is 3.42. The zero-order valence-corrected chi connectivity index (χ0v) is 14.4. The number of carbonyl (C=O) groups is 1. The number of nitrogens with zero attached hydrogens (tertiary/aromatic N) is 3. The minimum absolute atomic E-state index is 0. The van der Waals surface area contributed by atoms with Crippen molar-refractivity contribution in [3.05, 3.63) is 0 Å². The molecule has 2 fully saturated rings. The summed E-state index contributed by atoms with van der Waals surface area (Å²) in [7, 11) is 0. The Hall–Kier alpha value is -0.180. The van der Waals surface area contributed by atoms with Crippen LogP contribution in [0.1, 0.15) is 19.3 Å². The molecule has 0 spiro atoms. The first kappa shape index (κ1) is 16.9. The third kappa shape index (κ3) is 5.37. The van der Waals surface area contributed by atoms with Gasteiger partial charge in [-0.3, -0.25) is 4.79 Å². The number of guanidine groups is 1. The van der Waals surface area contributed by atoms with E-state index in [0.717, 1.165) is 50.5 Å². The van der Waals surface area contributed by atoms with E-state index in [4.69, 9.17) is 5.73 Å². The Labute approximate surface area is 136 Å². The number of halogens is 1.